The van der Waals surface area contributed by atoms with Gasteiger partial charge in [0.1, 0.15) is 0 Å². The van der Waals surface area contributed by atoms with E-state index in [2.05, 4.69) is 35.9 Å². The predicted octanol–water partition coefficient (Wildman–Crippen LogP) is 3.64. The Morgan fingerprint density at radius 2 is 1.89 bits per heavy atom. The van der Waals surface area contributed by atoms with Gasteiger partial charge in [0.2, 0.25) is 0 Å². The lowest BCUT2D eigenvalue weighted by Gasteiger charge is -2.37. The number of ether oxygens (including phenoxy) is 1. The fourth-order valence-electron chi connectivity index (χ4n) is 4.58. The van der Waals surface area contributed by atoms with Crippen LogP contribution in [-0.4, -0.2) is 41.2 Å². The van der Waals surface area contributed by atoms with Crippen LogP contribution >= 0.6 is 0 Å². The van der Waals surface area contributed by atoms with Gasteiger partial charge >= 0.3 is 12.0 Å². The zero-order valence-corrected chi connectivity index (χ0v) is 16.9. The maximum absolute atomic E-state index is 12.8. The highest BCUT2D eigenvalue weighted by atomic mass is 16.5. The van der Waals surface area contributed by atoms with Crippen molar-refractivity contribution in [3.63, 3.8) is 0 Å². The second-order valence-corrected chi connectivity index (χ2v) is 7.82. The monoisotopic (exact) mass is 375 g/mol. The molecule has 0 aromatic carbocycles. The molecule has 1 saturated carbocycles. The van der Waals surface area contributed by atoms with Crippen molar-refractivity contribution in [2.24, 2.45) is 11.8 Å². The van der Waals surface area contributed by atoms with Gasteiger partial charge < -0.3 is 19.5 Å². The summed E-state index contributed by atoms with van der Waals surface area (Å²) >= 11 is 0. The number of hydrogen-bond donors (Lipinski definition) is 1. The summed E-state index contributed by atoms with van der Waals surface area (Å²) in [6.07, 6.45) is 4.61. The van der Waals surface area contributed by atoms with Gasteiger partial charge in [0.25, 0.3) is 0 Å². The Balaban J connectivity index is 1.49. The van der Waals surface area contributed by atoms with E-state index in [1.165, 1.54) is 11.4 Å². The predicted molar refractivity (Wildman–Crippen MR) is 104 cm³/mol. The molecule has 1 fully saturated rings. The standard InChI is InChI=1S/C21H33N3O3/c1-4-18-19-11-6-15(3)23(19)12-13-24(18)21(26)22-14-16-7-9-17(10-8-16)20(25)27-5-2/h6,11,16-18H,4-5,7-10,12-14H2,1-3H3,(H,22,26)/t16?,17?,18-/m0/s1. The lowest BCUT2D eigenvalue weighted by Crippen LogP contribution is -2.48. The average Bonchev–Trinajstić information content (AvgIpc) is 3.07. The molecule has 1 aromatic heterocycles. The number of nitrogens with zero attached hydrogens (tertiary/aromatic N) is 2. The average molecular weight is 376 g/mol. The maximum Gasteiger partial charge on any atom is 0.318 e. The van der Waals surface area contributed by atoms with Crippen LogP contribution in [0.2, 0.25) is 0 Å². The molecule has 6 heteroatoms. The minimum absolute atomic E-state index is 0.0412. The van der Waals surface area contributed by atoms with Crippen molar-refractivity contribution in [3.05, 3.63) is 23.5 Å². The van der Waals surface area contributed by atoms with E-state index in [9.17, 15) is 9.59 Å². The Bertz CT molecular complexity index is 662. The zero-order valence-electron chi connectivity index (χ0n) is 16.9. The van der Waals surface area contributed by atoms with Crippen molar-refractivity contribution in [2.45, 2.75) is 65.5 Å². The highest BCUT2D eigenvalue weighted by Gasteiger charge is 2.31. The first-order chi connectivity index (χ1) is 13.0. The first-order valence-corrected chi connectivity index (χ1v) is 10.4. The summed E-state index contributed by atoms with van der Waals surface area (Å²) in [7, 11) is 0. The molecule has 150 valence electrons. The molecule has 0 unspecified atom stereocenters. The van der Waals surface area contributed by atoms with Crippen LogP contribution in [0.15, 0.2) is 12.1 Å². The summed E-state index contributed by atoms with van der Waals surface area (Å²) < 4.78 is 7.46. The lowest BCUT2D eigenvalue weighted by atomic mass is 9.82. The van der Waals surface area contributed by atoms with Gasteiger partial charge in [-0.3, -0.25) is 4.79 Å². The molecule has 2 aliphatic rings. The third-order valence-electron chi connectivity index (χ3n) is 6.17. The molecule has 1 aliphatic carbocycles. The van der Waals surface area contributed by atoms with Gasteiger partial charge in [-0.2, -0.15) is 0 Å². The fourth-order valence-corrected chi connectivity index (χ4v) is 4.58. The van der Waals surface area contributed by atoms with Gasteiger partial charge in [-0.1, -0.05) is 6.92 Å². The number of carbonyl (C=O) groups excluding carboxylic acids is 2. The van der Waals surface area contributed by atoms with Gasteiger partial charge in [-0.15, -0.1) is 0 Å². The largest absolute Gasteiger partial charge is 0.466 e. The van der Waals surface area contributed by atoms with E-state index in [1.807, 2.05) is 11.8 Å². The number of esters is 1. The van der Waals surface area contributed by atoms with Crippen LogP contribution in [0.5, 0.6) is 0 Å². The van der Waals surface area contributed by atoms with Crippen molar-refractivity contribution >= 4 is 12.0 Å². The smallest absolute Gasteiger partial charge is 0.318 e. The first kappa shape index (κ1) is 19.8. The van der Waals surface area contributed by atoms with Gasteiger partial charge in [0.05, 0.1) is 18.6 Å². The topological polar surface area (TPSA) is 63.6 Å². The van der Waals surface area contributed by atoms with Crippen molar-refractivity contribution in [3.8, 4) is 0 Å². The molecule has 27 heavy (non-hydrogen) atoms. The lowest BCUT2D eigenvalue weighted by molar-refractivity contribution is -0.149. The van der Waals surface area contributed by atoms with Crippen LogP contribution < -0.4 is 5.32 Å². The van der Waals surface area contributed by atoms with Crippen LogP contribution in [-0.2, 0) is 16.1 Å². The van der Waals surface area contributed by atoms with Crippen LogP contribution in [0.1, 0.15) is 63.4 Å². The Kier molecular flexibility index (Phi) is 6.45. The Morgan fingerprint density at radius 1 is 1.15 bits per heavy atom. The van der Waals surface area contributed by atoms with Crippen molar-refractivity contribution in [1.82, 2.24) is 14.8 Å². The second kappa shape index (κ2) is 8.81. The van der Waals surface area contributed by atoms with Crippen molar-refractivity contribution in [2.75, 3.05) is 19.7 Å². The highest BCUT2D eigenvalue weighted by Crippen LogP contribution is 2.31. The number of nitrogens with one attached hydrogen (secondary N) is 1. The Hall–Kier alpha value is -1.98. The number of aromatic nitrogens is 1. The van der Waals surface area contributed by atoms with Gasteiger partial charge in [-0.05, 0) is 64.0 Å². The SMILES string of the molecule is CCOC(=O)C1CCC(CNC(=O)N2CCn3c(C)ccc3[C@@H]2CC)CC1. The van der Waals surface area contributed by atoms with Gasteiger partial charge in [0.15, 0.2) is 0 Å². The molecule has 3 rings (SSSR count). The summed E-state index contributed by atoms with van der Waals surface area (Å²) in [5, 5.41) is 3.15. The summed E-state index contributed by atoms with van der Waals surface area (Å²) in [5.41, 5.74) is 2.51. The number of rotatable bonds is 5. The van der Waals surface area contributed by atoms with Crippen LogP contribution in [0.25, 0.3) is 0 Å². The van der Waals surface area contributed by atoms with E-state index in [1.54, 1.807) is 0 Å². The molecule has 0 saturated heterocycles. The molecule has 0 bridgehead atoms. The van der Waals surface area contributed by atoms with Crippen LogP contribution in [0.4, 0.5) is 4.79 Å². The van der Waals surface area contributed by atoms with E-state index in [-0.39, 0.29) is 24.0 Å². The van der Waals surface area contributed by atoms with E-state index in [0.29, 0.717) is 19.1 Å². The summed E-state index contributed by atoms with van der Waals surface area (Å²) in [6.45, 7) is 8.87. The van der Waals surface area contributed by atoms with Gasteiger partial charge in [0, 0.05) is 31.0 Å². The van der Waals surface area contributed by atoms with Crippen LogP contribution in [0, 0.1) is 18.8 Å². The number of urea groups is 1. The summed E-state index contributed by atoms with van der Waals surface area (Å²) in [5.74, 6) is 0.437. The minimum atomic E-state index is -0.0580. The van der Waals surface area contributed by atoms with Crippen LogP contribution in [0.3, 0.4) is 0 Å². The van der Waals surface area contributed by atoms with Crippen molar-refractivity contribution < 1.29 is 14.3 Å². The molecule has 0 radical (unpaired) electrons. The fraction of sp³-hybridized carbons (Fsp3) is 0.714. The molecular weight excluding hydrogens is 342 g/mol. The molecule has 1 aromatic rings. The molecule has 1 N–H and O–H groups in total. The number of aryl methyl sites for hydroxylation is 1. The third-order valence-corrected chi connectivity index (χ3v) is 6.17. The number of fused-ring (bicyclic) bond motifs is 1. The molecule has 1 aliphatic heterocycles. The first-order valence-electron chi connectivity index (χ1n) is 10.4. The molecule has 0 spiro atoms. The highest BCUT2D eigenvalue weighted by molar-refractivity contribution is 5.75. The van der Waals surface area contributed by atoms with E-state index in [0.717, 1.165) is 45.2 Å². The third kappa shape index (κ3) is 4.30. The summed E-state index contributed by atoms with van der Waals surface area (Å²) in [4.78, 5) is 26.6. The zero-order chi connectivity index (χ0) is 19.4. The number of amides is 2. The molecular formula is C21H33N3O3. The maximum atomic E-state index is 12.8. The Labute approximate surface area is 162 Å². The molecule has 2 amide bonds. The number of hydrogen-bond acceptors (Lipinski definition) is 3. The minimum Gasteiger partial charge on any atom is -0.466 e. The van der Waals surface area contributed by atoms with E-state index < -0.39 is 0 Å². The van der Waals surface area contributed by atoms with Gasteiger partial charge in [-0.25, -0.2) is 4.79 Å². The second-order valence-electron chi connectivity index (χ2n) is 7.82. The summed E-state index contributed by atoms with van der Waals surface area (Å²) in [6, 6.07) is 4.48. The molecule has 2 heterocycles. The normalized spacial score (nSPS) is 25.0. The van der Waals surface area contributed by atoms with E-state index in [4.69, 9.17) is 4.74 Å². The number of carbonyl (C=O) groups is 2. The molecule has 6 nitrogen and oxygen atoms in total. The Morgan fingerprint density at radius 3 is 2.56 bits per heavy atom. The van der Waals surface area contributed by atoms with Crippen molar-refractivity contribution in [1.29, 1.82) is 0 Å². The van der Waals surface area contributed by atoms with E-state index >= 15 is 0 Å². The molecule has 1 atom stereocenters. The quantitative estimate of drug-likeness (QED) is 0.799.